The van der Waals surface area contributed by atoms with Crippen LogP contribution in [-0.2, 0) is 0 Å². The van der Waals surface area contributed by atoms with Crippen molar-refractivity contribution in [2.24, 2.45) is 0 Å². The van der Waals surface area contributed by atoms with Gasteiger partial charge in [-0.2, -0.15) is 0 Å². The van der Waals surface area contributed by atoms with Gasteiger partial charge in [0.1, 0.15) is 0 Å². The zero-order chi connectivity index (χ0) is 29.6. The molecule has 0 bridgehead atoms. The van der Waals surface area contributed by atoms with E-state index in [1.807, 2.05) is 62.1 Å². The third-order valence-corrected chi connectivity index (χ3v) is 7.56. The normalized spacial score (nSPS) is 14.3. The second-order valence-electron chi connectivity index (χ2n) is 10.4. The Kier molecular flexibility index (Phi) is 8.80. The number of nitrogens with one attached hydrogen (secondary N) is 2. The molecule has 3 aromatic rings. The lowest BCUT2D eigenvalue weighted by atomic mass is 10.1. The van der Waals surface area contributed by atoms with Crippen LogP contribution in [0.5, 0.6) is 11.5 Å². The van der Waals surface area contributed by atoms with Gasteiger partial charge in [-0.1, -0.05) is 12.1 Å². The fourth-order valence-corrected chi connectivity index (χ4v) is 5.27. The molecule has 0 atom stereocenters. The van der Waals surface area contributed by atoms with E-state index >= 15 is 0 Å². The maximum atomic E-state index is 13.7. The van der Waals surface area contributed by atoms with Crippen LogP contribution in [0.25, 0.3) is 0 Å². The number of rotatable bonds is 7. The summed E-state index contributed by atoms with van der Waals surface area (Å²) in [6.07, 6.45) is 0.753. The maximum Gasteiger partial charge on any atom is 0.321 e. The van der Waals surface area contributed by atoms with Crippen molar-refractivity contribution < 1.29 is 23.9 Å². The van der Waals surface area contributed by atoms with Crippen molar-refractivity contribution in [1.82, 2.24) is 9.80 Å². The second-order valence-corrected chi connectivity index (χ2v) is 10.4. The van der Waals surface area contributed by atoms with Crippen molar-refractivity contribution in [3.63, 3.8) is 0 Å². The van der Waals surface area contributed by atoms with E-state index in [0.29, 0.717) is 67.6 Å². The molecule has 10 nitrogen and oxygen atoms in total. The first-order valence-electron chi connectivity index (χ1n) is 14.4. The quantitative estimate of drug-likeness (QED) is 0.404. The molecule has 4 amide bonds. The van der Waals surface area contributed by atoms with Crippen molar-refractivity contribution in [3.05, 3.63) is 77.4 Å². The molecule has 0 unspecified atom stereocenters. The van der Waals surface area contributed by atoms with Gasteiger partial charge in [-0.05, 0) is 81.3 Å². The highest BCUT2D eigenvalue weighted by Gasteiger charge is 2.25. The van der Waals surface area contributed by atoms with Crippen LogP contribution < -0.4 is 25.0 Å². The summed E-state index contributed by atoms with van der Waals surface area (Å²) < 4.78 is 10.7. The minimum absolute atomic E-state index is 0.104. The van der Waals surface area contributed by atoms with Crippen molar-refractivity contribution in [3.8, 4) is 11.5 Å². The summed E-state index contributed by atoms with van der Waals surface area (Å²) in [5, 5.41) is 5.93. The van der Waals surface area contributed by atoms with E-state index in [4.69, 9.17) is 9.47 Å². The summed E-state index contributed by atoms with van der Waals surface area (Å²) in [5.41, 5.74) is 4.10. The molecule has 2 N–H and O–H groups in total. The minimum Gasteiger partial charge on any atom is -0.454 e. The van der Waals surface area contributed by atoms with Gasteiger partial charge in [0.05, 0.1) is 5.56 Å². The Hall–Kier alpha value is -4.73. The molecule has 220 valence electrons. The summed E-state index contributed by atoms with van der Waals surface area (Å²) in [6.45, 7) is 9.53. The second kappa shape index (κ2) is 12.8. The summed E-state index contributed by atoms with van der Waals surface area (Å²) in [5.74, 6) is 0.713. The highest BCUT2D eigenvalue weighted by atomic mass is 16.7. The molecular formula is C32H37N5O5. The van der Waals surface area contributed by atoms with Gasteiger partial charge in [0.25, 0.3) is 11.8 Å². The average Bonchev–Trinajstić information content (AvgIpc) is 3.32. The monoisotopic (exact) mass is 571 g/mol. The zero-order valence-electron chi connectivity index (χ0n) is 24.3. The van der Waals surface area contributed by atoms with E-state index in [1.54, 1.807) is 29.2 Å². The van der Waals surface area contributed by atoms with Crippen LogP contribution in [0.4, 0.5) is 21.9 Å². The van der Waals surface area contributed by atoms with Gasteiger partial charge in [0.2, 0.25) is 6.79 Å². The summed E-state index contributed by atoms with van der Waals surface area (Å²) in [7, 11) is 0. The number of hydrogen-bond acceptors (Lipinski definition) is 6. The van der Waals surface area contributed by atoms with Crippen LogP contribution in [0.3, 0.4) is 0 Å². The number of urea groups is 1. The largest absolute Gasteiger partial charge is 0.454 e. The maximum absolute atomic E-state index is 13.7. The van der Waals surface area contributed by atoms with Crippen molar-refractivity contribution in [1.29, 1.82) is 0 Å². The van der Waals surface area contributed by atoms with E-state index in [-0.39, 0.29) is 24.6 Å². The third kappa shape index (κ3) is 6.43. The predicted molar refractivity (Wildman–Crippen MR) is 163 cm³/mol. The smallest absolute Gasteiger partial charge is 0.321 e. The van der Waals surface area contributed by atoms with E-state index in [1.165, 1.54) is 0 Å². The van der Waals surface area contributed by atoms with E-state index in [0.717, 1.165) is 23.4 Å². The van der Waals surface area contributed by atoms with E-state index in [2.05, 4.69) is 15.5 Å². The number of nitrogens with zero attached hydrogens (tertiary/aromatic N) is 3. The molecule has 0 aliphatic carbocycles. The Morgan fingerprint density at radius 3 is 2.40 bits per heavy atom. The zero-order valence-corrected chi connectivity index (χ0v) is 24.3. The molecule has 3 aromatic carbocycles. The van der Waals surface area contributed by atoms with Crippen LogP contribution in [0.2, 0.25) is 0 Å². The highest BCUT2D eigenvalue weighted by Crippen LogP contribution is 2.33. The number of benzene rings is 3. The number of ether oxygens (including phenoxy) is 2. The molecule has 0 aromatic heterocycles. The minimum atomic E-state index is -0.313. The highest BCUT2D eigenvalue weighted by molar-refractivity contribution is 6.06. The molecule has 0 saturated carbocycles. The fraction of sp³-hybridized carbons (Fsp3) is 0.344. The molecule has 42 heavy (non-hydrogen) atoms. The van der Waals surface area contributed by atoms with Crippen LogP contribution in [-0.4, -0.2) is 73.7 Å². The molecule has 0 radical (unpaired) electrons. The molecule has 0 spiro atoms. The lowest BCUT2D eigenvalue weighted by Crippen LogP contribution is -2.38. The van der Waals surface area contributed by atoms with Crippen LogP contribution in [0, 0.1) is 6.92 Å². The molecule has 5 rings (SSSR count). The molecule has 2 heterocycles. The topological polar surface area (TPSA) is 103 Å². The molecular weight excluding hydrogens is 534 g/mol. The molecule has 2 aliphatic rings. The first kappa shape index (κ1) is 28.8. The van der Waals surface area contributed by atoms with Crippen molar-refractivity contribution in [2.45, 2.75) is 27.2 Å². The Labute approximate surface area is 246 Å². The van der Waals surface area contributed by atoms with Gasteiger partial charge in [-0.25, -0.2) is 4.79 Å². The van der Waals surface area contributed by atoms with Crippen molar-refractivity contribution in [2.75, 3.05) is 61.6 Å². The summed E-state index contributed by atoms with van der Waals surface area (Å²) in [6, 6.07) is 18.1. The van der Waals surface area contributed by atoms with Crippen LogP contribution in [0.15, 0.2) is 60.7 Å². The first-order valence-corrected chi connectivity index (χ1v) is 14.4. The molecule has 2 aliphatic heterocycles. The van der Waals surface area contributed by atoms with Gasteiger partial charge in [-0.3, -0.25) is 9.59 Å². The Bertz CT molecular complexity index is 1470. The van der Waals surface area contributed by atoms with E-state index < -0.39 is 0 Å². The average molecular weight is 572 g/mol. The number of amides is 4. The Morgan fingerprint density at radius 1 is 0.833 bits per heavy atom. The summed E-state index contributed by atoms with van der Waals surface area (Å²) >= 11 is 0. The Balaban J connectivity index is 1.34. The van der Waals surface area contributed by atoms with Crippen molar-refractivity contribution >= 4 is 34.9 Å². The molecule has 10 heteroatoms. The Morgan fingerprint density at radius 2 is 1.62 bits per heavy atom. The van der Waals surface area contributed by atoms with Gasteiger partial charge >= 0.3 is 6.03 Å². The molecule has 1 fully saturated rings. The van der Waals surface area contributed by atoms with Crippen LogP contribution >= 0.6 is 0 Å². The third-order valence-electron chi connectivity index (χ3n) is 7.56. The first-order chi connectivity index (χ1) is 20.4. The number of fused-ring (bicyclic) bond motifs is 1. The standard InChI is InChI=1S/C32H37N5O5/c1-4-35(5-2)31(39)26-20-25(33-30(38)23-10-13-28-29(19-23)42-21-41-28)11-12-27(26)36-14-7-15-37(17-16-36)32(40)34-24-9-6-8-22(3)18-24/h6,8-13,18-20H,4-5,7,14-17,21H2,1-3H3,(H,33,38)(H,34,40). The summed E-state index contributed by atoms with van der Waals surface area (Å²) in [4.78, 5) is 45.5. The van der Waals surface area contributed by atoms with E-state index in [9.17, 15) is 14.4 Å². The number of aryl methyl sites for hydroxylation is 1. The van der Waals surface area contributed by atoms with Gasteiger partial charge in [0, 0.05) is 61.9 Å². The number of anilines is 3. The predicted octanol–water partition coefficient (Wildman–Crippen LogP) is 5.20. The lowest BCUT2D eigenvalue weighted by Gasteiger charge is -2.28. The fourth-order valence-electron chi connectivity index (χ4n) is 5.27. The van der Waals surface area contributed by atoms with Gasteiger partial charge < -0.3 is 34.8 Å². The number of carbonyl (C=O) groups excluding carboxylic acids is 3. The SMILES string of the molecule is CCN(CC)C(=O)c1cc(NC(=O)c2ccc3c(c2)OCO3)ccc1N1CCCN(C(=O)Nc2cccc(C)c2)CC1. The molecule has 1 saturated heterocycles. The van der Waals surface area contributed by atoms with Crippen LogP contribution in [0.1, 0.15) is 46.5 Å². The number of hydrogen-bond donors (Lipinski definition) is 2. The lowest BCUT2D eigenvalue weighted by molar-refractivity contribution is 0.0773. The van der Waals surface area contributed by atoms with Gasteiger partial charge in [0.15, 0.2) is 11.5 Å². The number of carbonyl (C=O) groups is 3. The van der Waals surface area contributed by atoms with Gasteiger partial charge in [-0.15, -0.1) is 0 Å².